The highest BCUT2D eigenvalue weighted by atomic mass is 16.1. The van der Waals surface area contributed by atoms with Crippen LogP contribution in [0.15, 0.2) is 79.1 Å². The number of carbonyl (C=O) groups is 1. The number of nitrogens with zero attached hydrogens (tertiary/aromatic N) is 2. The SMILES string of the molecule is NC(=O)[C@]1(Cc2ccc(-c3ccccc3)cc2)CCCN(Cc2ccncc2)C1. The van der Waals surface area contributed by atoms with Gasteiger partial charge in [0.15, 0.2) is 0 Å². The Balaban J connectivity index is 1.50. The fourth-order valence-electron chi connectivity index (χ4n) is 4.38. The van der Waals surface area contributed by atoms with Crippen LogP contribution in [0.3, 0.4) is 0 Å². The van der Waals surface area contributed by atoms with Gasteiger partial charge in [0, 0.05) is 25.5 Å². The van der Waals surface area contributed by atoms with Gasteiger partial charge in [-0.3, -0.25) is 14.7 Å². The van der Waals surface area contributed by atoms with Crippen LogP contribution < -0.4 is 5.73 Å². The number of pyridine rings is 1. The van der Waals surface area contributed by atoms with Crippen LogP contribution in [0.5, 0.6) is 0 Å². The molecule has 4 heteroatoms. The molecule has 1 saturated heterocycles. The Kier molecular flexibility index (Phi) is 5.72. The van der Waals surface area contributed by atoms with Crippen molar-refractivity contribution in [2.24, 2.45) is 11.1 Å². The minimum absolute atomic E-state index is 0.191. The summed E-state index contributed by atoms with van der Waals surface area (Å²) in [5, 5.41) is 0. The molecule has 148 valence electrons. The first kappa shape index (κ1) is 19.3. The van der Waals surface area contributed by atoms with Crippen molar-refractivity contribution in [3.05, 3.63) is 90.3 Å². The summed E-state index contributed by atoms with van der Waals surface area (Å²) in [6, 6.07) is 22.9. The van der Waals surface area contributed by atoms with Crippen molar-refractivity contribution in [2.45, 2.75) is 25.8 Å². The van der Waals surface area contributed by atoms with E-state index in [1.165, 1.54) is 16.7 Å². The number of nitrogens with two attached hydrogens (primary N) is 1. The Labute approximate surface area is 172 Å². The summed E-state index contributed by atoms with van der Waals surface area (Å²) >= 11 is 0. The molecule has 4 rings (SSSR count). The molecule has 0 saturated carbocycles. The zero-order valence-corrected chi connectivity index (χ0v) is 16.6. The molecular formula is C25H27N3O. The second-order valence-corrected chi connectivity index (χ2v) is 8.05. The molecule has 1 amide bonds. The van der Waals surface area contributed by atoms with Gasteiger partial charge in [0.2, 0.25) is 5.91 Å². The maximum absolute atomic E-state index is 12.6. The third-order valence-electron chi connectivity index (χ3n) is 5.94. The second kappa shape index (κ2) is 8.58. The molecule has 0 bridgehead atoms. The van der Waals surface area contributed by atoms with Crippen LogP contribution in [0.25, 0.3) is 11.1 Å². The Morgan fingerprint density at radius 3 is 2.31 bits per heavy atom. The van der Waals surface area contributed by atoms with Gasteiger partial charge in [-0.05, 0) is 60.2 Å². The summed E-state index contributed by atoms with van der Waals surface area (Å²) in [4.78, 5) is 19.0. The lowest BCUT2D eigenvalue weighted by Gasteiger charge is -2.41. The van der Waals surface area contributed by atoms with E-state index in [-0.39, 0.29) is 5.91 Å². The lowest BCUT2D eigenvalue weighted by molar-refractivity contribution is -0.131. The maximum Gasteiger partial charge on any atom is 0.225 e. The largest absolute Gasteiger partial charge is 0.369 e. The predicted octanol–water partition coefficient (Wildman–Crippen LogP) is 4.06. The Morgan fingerprint density at radius 2 is 1.62 bits per heavy atom. The highest BCUT2D eigenvalue weighted by molar-refractivity contribution is 5.81. The summed E-state index contributed by atoms with van der Waals surface area (Å²) in [6.45, 7) is 2.51. The van der Waals surface area contributed by atoms with Gasteiger partial charge in [0.05, 0.1) is 5.41 Å². The van der Waals surface area contributed by atoms with Gasteiger partial charge in [-0.2, -0.15) is 0 Å². The van der Waals surface area contributed by atoms with E-state index in [0.29, 0.717) is 13.0 Å². The zero-order chi connectivity index (χ0) is 20.1. The summed E-state index contributed by atoms with van der Waals surface area (Å²) in [5.41, 5.74) is 10.2. The minimum atomic E-state index is -0.514. The van der Waals surface area contributed by atoms with Crippen LogP contribution in [0.2, 0.25) is 0 Å². The van der Waals surface area contributed by atoms with E-state index in [4.69, 9.17) is 5.73 Å². The highest BCUT2D eigenvalue weighted by Crippen LogP contribution is 2.34. The van der Waals surface area contributed by atoms with Crippen LogP contribution in [0.4, 0.5) is 0 Å². The number of carbonyl (C=O) groups excluding carboxylic acids is 1. The molecule has 1 aromatic heterocycles. The van der Waals surface area contributed by atoms with Crippen molar-refractivity contribution in [3.63, 3.8) is 0 Å². The van der Waals surface area contributed by atoms with Crippen LogP contribution in [-0.4, -0.2) is 28.9 Å². The van der Waals surface area contributed by atoms with Crippen LogP contribution in [0.1, 0.15) is 24.0 Å². The van der Waals surface area contributed by atoms with Gasteiger partial charge < -0.3 is 5.73 Å². The number of rotatable bonds is 6. The lowest BCUT2D eigenvalue weighted by atomic mass is 9.74. The first-order valence-corrected chi connectivity index (χ1v) is 10.2. The van der Waals surface area contributed by atoms with Gasteiger partial charge in [0.25, 0.3) is 0 Å². The van der Waals surface area contributed by atoms with Crippen molar-refractivity contribution in [3.8, 4) is 11.1 Å². The van der Waals surface area contributed by atoms with Gasteiger partial charge in [-0.1, -0.05) is 54.6 Å². The van der Waals surface area contributed by atoms with Crippen molar-refractivity contribution >= 4 is 5.91 Å². The number of benzene rings is 2. The lowest BCUT2D eigenvalue weighted by Crippen LogP contribution is -2.51. The molecule has 1 atom stereocenters. The molecule has 2 heterocycles. The van der Waals surface area contributed by atoms with E-state index in [2.05, 4.69) is 46.3 Å². The van der Waals surface area contributed by atoms with E-state index >= 15 is 0 Å². The van der Waals surface area contributed by atoms with Crippen LogP contribution >= 0.6 is 0 Å². The van der Waals surface area contributed by atoms with Gasteiger partial charge >= 0.3 is 0 Å². The number of primary amides is 1. The molecule has 0 radical (unpaired) electrons. The van der Waals surface area contributed by atoms with E-state index in [1.807, 2.05) is 42.7 Å². The van der Waals surface area contributed by atoms with Gasteiger partial charge in [-0.15, -0.1) is 0 Å². The summed E-state index contributed by atoms with van der Waals surface area (Å²) in [5.74, 6) is -0.191. The van der Waals surface area contributed by atoms with Crippen molar-refractivity contribution in [1.82, 2.24) is 9.88 Å². The van der Waals surface area contributed by atoms with E-state index in [9.17, 15) is 4.79 Å². The van der Waals surface area contributed by atoms with Crippen LogP contribution in [-0.2, 0) is 17.8 Å². The number of hydrogen-bond acceptors (Lipinski definition) is 3. The number of piperidine rings is 1. The molecule has 0 aliphatic carbocycles. The maximum atomic E-state index is 12.6. The van der Waals surface area contributed by atoms with E-state index in [0.717, 1.165) is 31.5 Å². The Hall–Kier alpha value is -2.98. The van der Waals surface area contributed by atoms with Crippen molar-refractivity contribution < 1.29 is 4.79 Å². The molecular weight excluding hydrogens is 358 g/mol. The van der Waals surface area contributed by atoms with E-state index in [1.54, 1.807) is 0 Å². The molecule has 1 aliphatic rings. The van der Waals surface area contributed by atoms with Crippen LogP contribution in [0, 0.1) is 5.41 Å². The quantitative estimate of drug-likeness (QED) is 0.696. The Morgan fingerprint density at radius 1 is 0.931 bits per heavy atom. The first-order chi connectivity index (χ1) is 14.1. The molecule has 2 aromatic carbocycles. The fraction of sp³-hybridized carbons (Fsp3) is 0.280. The Bertz CT molecular complexity index is 941. The molecule has 0 unspecified atom stereocenters. The van der Waals surface area contributed by atoms with Gasteiger partial charge in [-0.25, -0.2) is 0 Å². The molecule has 29 heavy (non-hydrogen) atoms. The van der Waals surface area contributed by atoms with Gasteiger partial charge in [0.1, 0.15) is 0 Å². The average Bonchev–Trinajstić information content (AvgIpc) is 2.76. The molecule has 1 fully saturated rings. The van der Waals surface area contributed by atoms with Crippen molar-refractivity contribution in [2.75, 3.05) is 13.1 Å². The number of amides is 1. The third kappa shape index (κ3) is 4.54. The fourth-order valence-corrected chi connectivity index (χ4v) is 4.38. The number of hydrogen-bond donors (Lipinski definition) is 1. The monoisotopic (exact) mass is 385 g/mol. The number of aromatic nitrogens is 1. The first-order valence-electron chi connectivity index (χ1n) is 10.2. The standard InChI is InChI=1S/C25H27N3O/c26-24(29)25(13-4-16-28(19-25)18-21-11-14-27-15-12-21)17-20-7-9-23(10-8-20)22-5-2-1-3-6-22/h1-3,5-12,14-15H,4,13,16-19H2,(H2,26,29)/t25-/m0/s1. The summed E-state index contributed by atoms with van der Waals surface area (Å²) in [7, 11) is 0. The molecule has 0 spiro atoms. The topological polar surface area (TPSA) is 59.2 Å². The molecule has 2 N–H and O–H groups in total. The number of likely N-dealkylation sites (tertiary alicyclic amines) is 1. The minimum Gasteiger partial charge on any atom is -0.369 e. The zero-order valence-electron chi connectivity index (χ0n) is 16.6. The average molecular weight is 386 g/mol. The smallest absolute Gasteiger partial charge is 0.225 e. The normalized spacial score (nSPS) is 19.7. The highest BCUT2D eigenvalue weighted by Gasteiger charge is 2.40. The molecule has 4 nitrogen and oxygen atoms in total. The van der Waals surface area contributed by atoms with Crippen molar-refractivity contribution in [1.29, 1.82) is 0 Å². The molecule has 1 aliphatic heterocycles. The molecule has 3 aromatic rings. The summed E-state index contributed by atoms with van der Waals surface area (Å²) in [6.07, 6.45) is 6.14. The summed E-state index contributed by atoms with van der Waals surface area (Å²) < 4.78 is 0. The third-order valence-corrected chi connectivity index (χ3v) is 5.94. The second-order valence-electron chi connectivity index (χ2n) is 8.05. The predicted molar refractivity (Wildman–Crippen MR) is 116 cm³/mol. The van der Waals surface area contributed by atoms with E-state index < -0.39 is 5.41 Å².